The summed E-state index contributed by atoms with van der Waals surface area (Å²) in [6.45, 7) is 7.79. The van der Waals surface area contributed by atoms with Crippen LogP contribution in [0.5, 0.6) is 11.5 Å². The standard InChI is InChI=1S/2C12H13ClO2.C2H6/c1-7-5-11(15-2)9(6-10(7)13)12(14)8-3-4-8;1-7-5-9(12(14)8-3-4-8)11(15-2)6-10(7)13;1-2/h2*5-6,8H,3-4H2,1-2H3;1-2H3. The van der Waals surface area contributed by atoms with Gasteiger partial charge in [-0.3, -0.25) is 9.59 Å². The maximum Gasteiger partial charge on any atom is 0.169 e. The average molecular weight is 479 g/mol. The SMILES string of the molecule is CC.COc1cc(C)c(Cl)cc1C(=O)C1CC1.COc1cc(Cl)c(C)cc1C(=O)C1CC1. The third-order valence-electron chi connectivity index (χ3n) is 5.39. The van der Waals surface area contributed by atoms with E-state index in [1.807, 2.05) is 39.8 Å². The van der Waals surface area contributed by atoms with E-state index in [9.17, 15) is 9.59 Å². The molecule has 2 aromatic rings. The number of hydrogen-bond donors (Lipinski definition) is 0. The fraction of sp³-hybridized carbons (Fsp3) is 0.462. The van der Waals surface area contributed by atoms with Crippen molar-refractivity contribution in [3.63, 3.8) is 0 Å². The van der Waals surface area contributed by atoms with Crippen LogP contribution in [0.3, 0.4) is 0 Å². The van der Waals surface area contributed by atoms with Crippen molar-refractivity contribution in [1.82, 2.24) is 0 Å². The van der Waals surface area contributed by atoms with Gasteiger partial charge in [0.05, 0.1) is 25.3 Å². The van der Waals surface area contributed by atoms with Crippen molar-refractivity contribution in [1.29, 1.82) is 0 Å². The van der Waals surface area contributed by atoms with Gasteiger partial charge in [0.25, 0.3) is 0 Å². The predicted octanol–water partition coefficient (Wildman–Crippen LogP) is 7.53. The molecule has 2 aliphatic carbocycles. The highest BCUT2D eigenvalue weighted by molar-refractivity contribution is 6.32. The Kier molecular flexibility index (Phi) is 9.60. The Labute approximate surface area is 201 Å². The van der Waals surface area contributed by atoms with Gasteiger partial charge in [0, 0.05) is 21.9 Å². The Morgan fingerprint density at radius 3 is 1.53 bits per heavy atom. The molecular weight excluding hydrogens is 447 g/mol. The van der Waals surface area contributed by atoms with Gasteiger partial charge >= 0.3 is 0 Å². The van der Waals surface area contributed by atoms with Crippen LogP contribution in [0.15, 0.2) is 24.3 Å². The molecule has 32 heavy (non-hydrogen) atoms. The van der Waals surface area contributed by atoms with Gasteiger partial charge < -0.3 is 9.47 Å². The minimum atomic E-state index is 0.161. The number of carbonyl (C=O) groups excluding carboxylic acids is 2. The molecule has 2 saturated carbocycles. The van der Waals surface area contributed by atoms with Crippen molar-refractivity contribution in [2.75, 3.05) is 14.2 Å². The summed E-state index contributed by atoms with van der Waals surface area (Å²) in [5, 5.41) is 1.26. The molecule has 0 bridgehead atoms. The zero-order chi connectivity index (χ0) is 24.0. The van der Waals surface area contributed by atoms with Gasteiger partial charge in [-0.15, -0.1) is 0 Å². The highest BCUT2D eigenvalue weighted by Crippen LogP contribution is 2.38. The number of benzene rings is 2. The molecule has 0 unspecified atom stereocenters. The molecule has 0 aromatic heterocycles. The van der Waals surface area contributed by atoms with E-state index in [1.54, 1.807) is 26.4 Å². The lowest BCUT2D eigenvalue weighted by molar-refractivity contribution is 0.0956. The molecule has 0 aliphatic heterocycles. The van der Waals surface area contributed by atoms with Crippen LogP contribution in [0.1, 0.15) is 71.4 Å². The second-order valence-corrected chi connectivity index (χ2v) is 8.69. The van der Waals surface area contributed by atoms with E-state index in [1.165, 1.54) is 0 Å². The Morgan fingerprint density at radius 2 is 1.09 bits per heavy atom. The first-order valence-corrected chi connectivity index (χ1v) is 11.8. The lowest BCUT2D eigenvalue weighted by atomic mass is 10.0. The van der Waals surface area contributed by atoms with Gasteiger partial charge in [-0.05, 0) is 74.9 Å². The lowest BCUT2D eigenvalue weighted by Crippen LogP contribution is -2.04. The Balaban J connectivity index is 0.000000211. The normalized spacial score (nSPS) is 14.4. The van der Waals surface area contributed by atoms with Gasteiger partial charge in [0.1, 0.15) is 11.5 Å². The molecule has 174 valence electrons. The topological polar surface area (TPSA) is 52.6 Å². The summed E-state index contributed by atoms with van der Waals surface area (Å²) in [7, 11) is 3.14. The maximum absolute atomic E-state index is 11.9. The van der Waals surface area contributed by atoms with Crippen LogP contribution in [0.25, 0.3) is 0 Å². The van der Waals surface area contributed by atoms with E-state index in [4.69, 9.17) is 32.7 Å². The molecule has 0 radical (unpaired) electrons. The third kappa shape index (κ3) is 6.49. The van der Waals surface area contributed by atoms with Crippen LogP contribution in [0.2, 0.25) is 10.0 Å². The van der Waals surface area contributed by atoms with Crippen LogP contribution in [0, 0.1) is 25.7 Å². The predicted molar refractivity (Wildman–Crippen MR) is 131 cm³/mol. The largest absolute Gasteiger partial charge is 0.496 e. The molecule has 4 nitrogen and oxygen atoms in total. The molecule has 2 aromatic carbocycles. The molecule has 0 amide bonds. The number of hydrogen-bond acceptors (Lipinski definition) is 4. The van der Waals surface area contributed by atoms with Gasteiger partial charge in [0.15, 0.2) is 11.6 Å². The van der Waals surface area contributed by atoms with E-state index in [0.29, 0.717) is 32.7 Å². The first-order valence-electron chi connectivity index (χ1n) is 11.0. The van der Waals surface area contributed by atoms with Crippen LogP contribution in [0.4, 0.5) is 0 Å². The average Bonchev–Trinajstić information content (AvgIpc) is 3.70. The molecule has 0 atom stereocenters. The second-order valence-electron chi connectivity index (χ2n) is 7.88. The molecule has 2 fully saturated rings. The summed E-state index contributed by atoms with van der Waals surface area (Å²) >= 11 is 12.0. The number of ketones is 2. The number of aryl methyl sites for hydroxylation is 2. The summed E-state index contributed by atoms with van der Waals surface area (Å²) < 4.78 is 10.4. The molecule has 0 N–H and O–H groups in total. The highest BCUT2D eigenvalue weighted by Gasteiger charge is 2.33. The Hall–Kier alpha value is -2.04. The van der Waals surface area contributed by atoms with E-state index < -0.39 is 0 Å². The third-order valence-corrected chi connectivity index (χ3v) is 6.20. The van der Waals surface area contributed by atoms with Crippen molar-refractivity contribution >= 4 is 34.8 Å². The molecule has 2 aliphatic rings. The zero-order valence-corrected chi connectivity index (χ0v) is 21.2. The van der Waals surface area contributed by atoms with Crippen molar-refractivity contribution in [2.45, 2.75) is 53.4 Å². The summed E-state index contributed by atoms with van der Waals surface area (Å²) in [4.78, 5) is 23.8. The van der Waals surface area contributed by atoms with E-state index >= 15 is 0 Å². The summed E-state index contributed by atoms with van der Waals surface area (Å²) in [6, 6.07) is 7.07. The van der Waals surface area contributed by atoms with Crippen molar-refractivity contribution < 1.29 is 19.1 Å². The Morgan fingerprint density at radius 1 is 0.719 bits per heavy atom. The highest BCUT2D eigenvalue weighted by atomic mass is 35.5. The molecule has 0 heterocycles. The second kappa shape index (κ2) is 11.7. The van der Waals surface area contributed by atoms with Gasteiger partial charge in [-0.2, -0.15) is 0 Å². The monoisotopic (exact) mass is 478 g/mol. The number of rotatable bonds is 6. The van der Waals surface area contributed by atoms with E-state index in [-0.39, 0.29) is 23.4 Å². The Bertz CT molecular complexity index is 897. The fourth-order valence-electron chi connectivity index (χ4n) is 3.17. The van der Waals surface area contributed by atoms with Crippen LogP contribution >= 0.6 is 23.2 Å². The van der Waals surface area contributed by atoms with Crippen LogP contribution in [-0.2, 0) is 0 Å². The fourth-order valence-corrected chi connectivity index (χ4v) is 3.49. The first-order chi connectivity index (χ1) is 15.3. The number of methoxy groups -OCH3 is 2. The van der Waals surface area contributed by atoms with Crippen molar-refractivity contribution in [2.24, 2.45) is 11.8 Å². The quantitative estimate of drug-likeness (QED) is 0.402. The summed E-state index contributed by atoms with van der Waals surface area (Å²) in [5.74, 6) is 1.97. The molecular formula is C26H32Cl2O4. The minimum Gasteiger partial charge on any atom is -0.496 e. The number of halogens is 2. The molecule has 6 heteroatoms. The van der Waals surface area contributed by atoms with Gasteiger partial charge in [-0.1, -0.05) is 37.0 Å². The summed E-state index contributed by atoms with van der Waals surface area (Å²) in [6.07, 6.45) is 3.99. The van der Waals surface area contributed by atoms with Gasteiger partial charge in [-0.25, -0.2) is 0 Å². The molecule has 4 rings (SSSR count). The van der Waals surface area contributed by atoms with Crippen LogP contribution < -0.4 is 9.47 Å². The number of carbonyl (C=O) groups is 2. The number of Topliss-reactive ketones (excluding diaryl/α,β-unsaturated/α-hetero) is 2. The summed E-state index contributed by atoms with van der Waals surface area (Å²) in [5.41, 5.74) is 3.14. The molecule has 0 saturated heterocycles. The van der Waals surface area contributed by atoms with Gasteiger partial charge in [0.2, 0.25) is 0 Å². The minimum absolute atomic E-state index is 0.161. The van der Waals surface area contributed by atoms with Crippen molar-refractivity contribution in [3.8, 4) is 11.5 Å². The zero-order valence-electron chi connectivity index (χ0n) is 19.7. The maximum atomic E-state index is 11.9. The first kappa shape index (κ1) is 26.2. The number of ether oxygens (including phenoxy) is 2. The smallest absolute Gasteiger partial charge is 0.169 e. The molecule has 0 spiro atoms. The van der Waals surface area contributed by atoms with Crippen molar-refractivity contribution in [3.05, 3.63) is 56.6 Å². The van der Waals surface area contributed by atoms with E-state index in [0.717, 1.165) is 36.8 Å². The van der Waals surface area contributed by atoms with Crippen LogP contribution in [-0.4, -0.2) is 25.8 Å². The lowest BCUT2D eigenvalue weighted by Gasteiger charge is -2.09. The van der Waals surface area contributed by atoms with E-state index in [2.05, 4.69) is 0 Å².